The zero-order valence-corrected chi connectivity index (χ0v) is 10.4. The Hall–Kier alpha value is -1.33. The topological polar surface area (TPSA) is 9.23 Å². The second kappa shape index (κ2) is 3.61. The number of hydrogen-bond donors (Lipinski definition) is 0. The lowest BCUT2D eigenvalue weighted by Crippen LogP contribution is -2.11. The molecule has 0 aromatic heterocycles. The van der Waals surface area contributed by atoms with E-state index in [1.54, 1.807) is 0 Å². The molecule has 0 bridgehead atoms. The molecular weight excluding hydrogens is 215 g/mol. The third-order valence-electron chi connectivity index (χ3n) is 3.03. The second-order valence-electron chi connectivity index (χ2n) is 4.15. The van der Waals surface area contributed by atoms with E-state index in [-0.39, 0.29) is 0 Å². The van der Waals surface area contributed by atoms with Crippen LogP contribution in [0.15, 0.2) is 36.4 Å². The monoisotopic (exact) mass is 228 g/mol. The van der Waals surface area contributed by atoms with Gasteiger partial charge in [-0.2, -0.15) is 0 Å². The summed E-state index contributed by atoms with van der Waals surface area (Å²) in [6.07, 6.45) is 0. The predicted octanol–water partition coefficient (Wildman–Crippen LogP) is 3.58. The van der Waals surface area contributed by atoms with Gasteiger partial charge in [0.25, 0.3) is 0 Å². The number of hydrogen-bond acceptors (Lipinski definition) is 1. The molecule has 3 rings (SSSR count). The molecule has 1 unspecified atom stereocenters. The van der Waals surface area contributed by atoms with Crippen molar-refractivity contribution in [1.29, 1.82) is 0 Å². The Bertz CT molecular complexity index is 509. The largest absolute Gasteiger partial charge is 0.471 e. The van der Waals surface area contributed by atoms with Gasteiger partial charge in [0.1, 0.15) is 14.6 Å². The van der Waals surface area contributed by atoms with Gasteiger partial charge in [-0.3, -0.25) is 0 Å². The summed E-state index contributed by atoms with van der Waals surface area (Å²) in [5.41, 5.74) is 5.11. The van der Waals surface area contributed by atoms with Crippen LogP contribution in [-0.4, -0.2) is 0 Å². The van der Waals surface area contributed by atoms with Crippen molar-refractivity contribution in [1.82, 2.24) is 0 Å². The first-order valence-corrected chi connectivity index (χ1v) is 6.30. The lowest BCUT2D eigenvalue weighted by Gasteiger charge is -2.23. The van der Waals surface area contributed by atoms with Crippen LogP contribution in [0.2, 0.25) is 0 Å². The summed E-state index contributed by atoms with van der Waals surface area (Å²) in [6.45, 7) is 4.25. The van der Waals surface area contributed by atoms with Crippen molar-refractivity contribution in [3.05, 3.63) is 47.5 Å². The highest BCUT2D eigenvalue weighted by Gasteiger charge is 2.19. The van der Waals surface area contributed by atoms with E-state index in [4.69, 9.17) is 4.52 Å². The second-order valence-corrected chi connectivity index (χ2v) is 5.06. The van der Waals surface area contributed by atoms with E-state index < -0.39 is 0 Å². The Kier molecular flexibility index (Phi) is 2.22. The Morgan fingerprint density at radius 3 is 2.38 bits per heavy atom. The lowest BCUT2D eigenvalue weighted by atomic mass is 10.00. The maximum Gasteiger partial charge on any atom is 0.134 e. The van der Waals surface area contributed by atoms with Crippen molar-refractivity contribution in [3.8, 4) is 16.9 Å². The van der Waals surface area contributed by atoms with Gasteiger partial charge in [0.2, 0.25) is 0 Å². The molecule has 80 valence electrons. The molecule has 1 aliphatic rings. The van der Waals surface area contributed by atoms with Crippen molar-refractivity contribution in [2.45, 2.75) is 13.8 Å². The lowest BCUT2D eigenvalue weighted by molar-refractivity contribution is 0.631. The molecule has 2 aromatic rings. The molecular formula is C14H13OP. The third-order valence-corrected chi connectivity index (χ3v) is 4.20. The van der Waals surface area contributed by atoms with Crippen LogP contribution in [0.25, 0.3) is 11.1 Å². The fourth-order valence-corrected chi connectivity index (χ4v) is 3.18. The normalized spacial score (nSPS) is 14.1. The van der Waals surface area contributed by atoms with Crippen LogP contribution in [0.3, 0.4) is 0 Å². The molecule has 0 saturated heterocycles. The maximum atomic E-state index is 5.89. The molecule has 0 N–H and O–H groups in total. The smallest absolute Gasteiger partial charge is 0.134 e. The number of aryl methyl sites for hydroxylation is 2. The summed E-state index contributed by atoms with van der Waals surface area (Å²) >= 11 is 0. The van der Waals surface area contributed by atoms with E-state index in [2.05, 4.69) is 50.2 Å². The molecule has 16 heavy (non-hydrogen) atoms. The van der Waals surface area contributed by atoms with Crippen LogP contribution in [0, 0.1) is 13.8 Å². The highest BCUT2D eigenvalue weighted by Crippen LogP contribution is 2.41. The minimum absolute atomic E-state index is 0.435. The van der Waals surface area contributed by atoms with Crippen molar-refractivity contribution >= 4 is 14.1 Å². The molecule has 1 atom stereocenters. The van der Waals surface area contributed by atoms with Crippen LogP contribution in [-0.2, 0) is 0 Å². The Labute approximate surface area is 97.3 Å². The number of benzene rings is 2. The van der Waals surface area contributed by atoms with Crippen molar-refractivity contribution in [2.24, 2.45) is 0 Å². The molecule has 0 aliphatic carbocycles. The van der Waals surface area contributed by atoms with Crippen molar-refractivity contribution in [2.75, 3.05) is 0 Å². The standard InChI is InChI=1S/C14H13OP/c1-9-5-3-7-11-12-8-4-6-10(2)14(12)16-15-13(9)11/h3-8,16H,1-2H3. The van der Waals surface area contributed by atoms with Crippen molar-refractivity contribution < 1.29 is 4.52 Å². The van der Waals surface area contributed by atoms with Gasteiger partial charge in [-0.1, -0.05) is 36.4 Å². The van der Waals surface area contributed by atoms with E-state index in [1.807, 2.05) is 0 Å². The summed E-state index contributed by atoms with van der Waals surface area (Å²) < 4.78 is 5.89. The minimum atomic E-state index is 0.435. The molecule has 0 saturated carbocycles. The van der Waals surface area contributed by atoms with Gasteiger partial charge in [-0.25, -0.2) is 0 Å². The van der Waals surface area contributed by atoms with Crippen LogP contribution in [0.5, 0.6) is 5.75 Å². The number of fused-ring (bicyclic) bond motifs is 3. The SMILES string of the molecule is Cc1cccc2c1OPc1c(C)cccc1-2. The highest BCUT2D eigenvalue weighted by atomic mass is 31.1. The fraction of sp³-hybridized carbons (Fsp3) is 0.143. The average molecular weight is 228 g/mol. The van der Waals surface area contributed by atoms with Crippen LogP contribution in [0.1, 0.15) is 11.1 Å². The summed E-state index contributed by atoms with van der Waals surface area (Å²) in [7, 11) is 0.435. The van der Waals surface area contributed by atoms with Crippen LogP contribution < -0.4 is 9.83 Å². The molecule has 1 heterocycles. The summed E-state index contributed by atoms with van der Waals surface area (Å²) in [6, 6.07) is 12.8. The van der Waals surface area contributed by atoms with E-state index >= 15 is 0 Å². The summed E-state index contributed by atoms with van der Waals surface area (Å²) in [5, 5.41) is 1.35. The predicted molar refractivity (Wildman–Crippen MR) is 69.9 cm³/mol. The molecule has 2 aromatic carbocycles. The summed E-state index contributed by atoms with van der Waals surface area (Å²) in [5.74, 6) is 1.05. The molecule has 1 aliphatic heterocycles. The van der Waals surface area contributed by atoms with E-state index in [0.717, 1.165) is 5.75 Å². The molecule has 0 radical (unpaired) electrons. The van der Waals surface area contributed by atoms with Gasteiger partial charge in [-0.15, -0.1) is 0 Å². The molecule has 1 nitrogen and oxygen atoms in total. The minimum Gasteiger partial charge on any atom is -0.471 e. The van der Waals surface area contributed by atoms with Gasteiger partial charge in [0, 0.05) is 10.9 Å². The molecule has 0 spiro atoms. The quantitative estimate of drug-likeness (QED) is 0.626. The first kappa shape index (κ1) is 9.86. The Morgan fingerprint density at radius 1 is 0.875 bits per heavy atom. The van der Waals surface area contributed by atoms with Crippen LogP contribution in [0.4, 0.5) is 0 Å². The zero-order valence-electron chi connectivity index (χ0n) is 9.37. The van der Waals surface area contributed by atoms with E-state index in [0.29, 0.717) is 8.81 Å². The zero-order chi connectivity index (χ0) is 11.1. The van der Waals surface area contributed by atoms with Gasteiger partial charge in [0.15, 0.2) is 0 Å². The van der Waals surface area contributed by atoms with Crippen LogP contribution >= 0.6 is 8.81 Å². The summed E-state index contributed by atoms with van der Waals surface area (Å²) in [4.78, 5) is 0. The number of para-hydroxylation sites is 1. The molecule has 0 fully saturated rings. The van der Waals surface area contributed by atoms with Crippen molar-refractivity contribution in [3.63, 3.8) is 0 Å². The number of rotatable bonds is 0. The Morgan fingerprint density at radius 2 is 1.56 bits per heavy atom. The highest BCUT2D eigenvalue weighted by molar-refractivity contribution is 7.43. The van der Waals surface area contributed by atoms with Gasteiger partial charge in [0.05, 0.1) is 0 Å². The first-order chi connectivity index (χ1) is 7.77. The van der Waals surface area contributed by atoms with Gasteiger partial charge < -0.3 is 4.52 Å². The first-order valence-electron chi connectivity index (χ1n) is 5.40. The molecule has 0 amide bonds. The van der Waals surface area contributed by atoms with E-state index in [9.17, 15) is 0 Å². The molecule has 2 heteroatoms. The fourth-order valence-electron chi connectivity index (χ4n) is 2.13. The third kappa shape index (κ3) is 1.36. The average Bonchev–Trinajstić information content (AvgIpc) is 2.30. The maximum absolute atomic E-state index is 5.89. The van der Waals surface area contributed by atoms with Gasteiger partial charge >= 0.3 is 0 Å². The van der Waals surface area contributed by atoms with E-state index in [1.165, 1.54) is 27.6 Å². The van der Waals surface area contributed by atoms with Gasteiger partial charge in [-0.05, 0) is 30.5 Å². The Balaban J connectivity index is 2.32.